The van der Waals surface area contributed by atoms with E-state index in [1.54, 1.807) is 0 Å². The molecule has 2 aliphatic rings. The summed E-state index contributed by atoms with van der Waals surface area (Å²) in [6.45, 7) is 3.18. The molecule has 7 nitrogen and oxygen atoms in total. The van der Waals surface area contributed by atoms with Crippen LogP contribution in [0.4, 0.5) is 0 Å². The van der Waals surface area contributed by atoms with Gasteiger partial charge in [-0.1, -0.05) is 0 Å². The molecule has 0 saturated carbocycles. The van der Waals surface area contributed by atoms with E-state index < -0.39 is 0 Å². The Kier molecular flexibility index (Phi) is 3.67. The number of likely N-dealkylation sites (N-methyl/N-ethyl adjacent to an activating group) is 1. The van der Waals surface area contributed by atoms with E-state index in [2.05, 4.69) is 31.1 Å². The standard InChI is InChI=1S/C15H19IN6O/c1-19-7-10(13-3-5-17-20(13)2)8-22-14(15(19)23)11-9-21(16)6-4-12(11)18-22/h3,5,10H,4,6-9H2,1-2H3. The zero-order chi connectivity index (χ0) is 16.1. The molecule has 1 amide bonds. The molecule has 1 unspecified atom stereocenters. The second-order valence-electron chi connectivity index (χ2n) is 6.31. The van der Waals surface area contributed by atoms with E-state index in [4.69, 9.17) is 5.10 Å². The molecule has 0 aromatic carbocycles. The number of nitrogens with zero attached hydrogens (tertiary/aromatic N) is 6. The van der Waals surface area contributed by atoms with Gasteiger partial charge >= 0.3 is 0 Å². The number of halogens is 1. The van der Waals surface area contributed by atoms with Crippen molar-refractivity contribution in [2.24, 2.45) is 7.05 Å². The Morgan fingerprint density at radius 2 is 2.13 bits per heavy atom. The number of hydrogen-bond donors (Lipinski definition) is 0. The van der Waals surface area contributed by atoms with Crippen molar-refractivity contribution in [1.29, 1.82) is 0 Å². The van der Waals surface area contributed by atoms with Gasteiger partial charge in [0.1, 0.15) is 5.69 Å². The minimum absolute atomic E-state index is 0.0788. The van der Waals surface area contributed by atoms with Gasteiger partial charge in [0, 0.05) is 86.4 Å². The first kappa shape index (κ1) is 15.1. The molecule has 4 rings (SSSR count). The summed E-state index contributed by atoms with van der Waals surface area (Å²) in [5, 5.41) is 9.04. The molecule has 2 aliphatic heterocycles. The van der Waals surface area contributed by atoms with Crippen molar-refractivity contribution in [1.82, 2.24) is 27.6 Å². The highest BCUT2D eigenvalue weighted by Gasteiger charge is 2.34. The Bertz CT molecular complexity index is 766. The minimum atomic E-state index is 0.0788. The van der Waals surface area contributed by atoms with E-state index in [1.165, 1.54) is 0 Å². The number of rotatable bonds is 1. The third-order valence-corrected chi connectivity index (χ3v) is 5.59. The second kappa shape index (κ2) is 5.59. The zero-order valence-corrected chi connectivity index (χ0v) is 15.4. The molecule has 122 valence electrons. The van der Waals surface area contributed by atoms with Gasteiger partial charge in [-0.15, -0.1) is 0 Å². The van der Waals surface area contributed by atoms with E-state index in [0.717, 1.165) is 48.7 Å². The zero-order valence-electron chi connectivity index (χ0n) is 13.2. The fourth-order valence-corrected chi connectivity index (χ4v) is 4.18. The first-order valence-electron chi connectivity index (χ1n) is 7.77. The predicted molar refractivity (Wildman–Crippen MR) is 93.3 cm³/mol. The molecular formula is C15H19IN6O. The molecule has 0 bridgehead atoms. The summed E-state index contributed by atoms with van der Waals surface area (Å²) in [6, 6.07) is 2.03. The summed E-state index contributed by atoms with van der Waals surface area (Å²) in [5.74, 6) is 0.282. The first-order valence-corrected chi connectivity index (χ1v) is 8.73. The van der Waals surface area contributed by atoms with Gasteiger partial charge in [-0.2, -0.15) is 10.2 Å². The number of carbonyl (C=O) groups is 1. The lowest BCUT2D eigenvalue weighted by molar-refractivity contribution is 0.0788. The van der Waals surface area contributed by atoms with Crippen molar-refractivity contribution >= 4 is 28.8 Å². The van der Waals surface area contributed by atoms with Gasteiger partial charge in [0.05, 0.1) is 12.2 Å². The molecule has 0 radical (unpaired) electrons. The molecular weight excluding hydrogens is 407 g/mol. The lowest BCUT2D eigenvalue weighted by atomic mass is 10.1. The van der Waals surface area contributed by atoms with Crippen molar-refractivity contribution in [3.05, 3.63) is 34.9 Å². The second-order valence-corrected chi connectivity index (χ2v) is 7.68. The summed E-state index contributed by atoms with van der Waals surface area (Å²) in [6.07, 6.45) is 2.72. The van der Waals surface area contributed by atoms with Crippen LogP contribution in [0, 0.1) is 0 Å². The molecule has 0 spiro atoms. The molecule has 23 heavy (non-hydrogen) atoms. The number of amides is 1. The van der Waals surface area contributed by atoms with Gasteiger partial charge < -0.3 is 4.90 Å². The van der Waals surface area contributed by atoms with Crippen molar-refractivity contribution in [3.63, 3.8) is 0 Å². The highest BCUT2D eigenvalue weighted by molar-refractivity contribution is 14.1. The summed E-state index contributed by atoms with van der Waals surface area (Å²) in [7, 11) is 3.83. The minimum Gasteiger partial charge on any atom is -0.340 e. The van der Waals surface area contributed by atoms with Crippen molar-refractivity contribution in [2.75, 3.05) is 20.1 Å². The van der Waals surface area contributed by atoms with Gasteiger partial charge in [0.15, 0.2) is 0 Å². The Hall–Kier alpha value is -1.42. The monoisotopic (exact) mass is 426 g/mol. The van der Waals surface area contributed by atoms with Gasteiger partial charge in [-0.05, 0) is 6.07 Å². The lowest BCUT2D eigenvalue weighted by Crippen LogP contribution is -2.31. The number of hydrogen-bond acceptors (Lipinski definition) is 4. The molecule has 0 saturated heterocycles. The molecule has 2 aromatic heterocycles. The fourth-order valence-electron chi connectivity index (χ4n) is 3.60. The smallest absolute Gasteiger partial charge is 0.272 e. The van der Waals surface area contributed by atoms with Crippen LogP contribution in [0.25, 0.3) is 0 Å². The summed E-state index contributed by atoms with van der Waals surface area (Å²) >= 11 is 2.32. The van der Waals surface area contributed by atoms with Gasteiger partial charge in [0.25, 0.3) is 5.91 Å². The number of carbonyl (C=O) groups excluding carboxylic acids is 1. The molecule has 4 heterocycles. The quantitative estimate of drug-likeness (QED) is 0.508. The molecule has 8 heteroatoms. The topological polar surface area (TPSA) is 59.2 Å². The molecule has 2 aromatic rings. The van der Waals surface area contributed by atoms with Crippen LogP contribution in [0.15, 0.2) is 12.3 Å². The maximum Gasteiger partial charge on any atom is 0.272 e. The Labute approximate surface area is 148 Å². The van der Waals surface area contributed by atoms with E-state index in [-0.39, 0.29) is 11.8 Å². The van der Waals surface area contributed by atoms with Crippen molar-refractivity contribution in [2.45, 2.75) is 25.4 Å². The Morgan fingerprint density at radius 1 is 1.30 bits per heavy atom. The van der Waals surface area contributed by atoms with Gasteiger partial charge in [-0.3, -0.25) is 14.2 Å². The first-order chi connectivity index (χ1) is 11.0. The number of aryl methyl sites for hydroxylation is 1. The van der Waals surface area contributed by atoms with E-state index in [1.807, 2.05) is 40.6 Å². The van der Waals surface area contributed by atoms with Crippen LogP contribution < -0.4 is 0 Å². The third kappa shape index (κ3) is 2.47. The Balaban J connectivity index is 1.79. The highest BCUT2D eigenvalue weighted by atomic mass is 127. The SMILES string of the molecule is CN1CC(c2ccnn2C)Cn2nc3c(c2C1=O)CN(I)CC3. The Morgan fingerprint density at radius 3 is 2.87 bits per heavy atom. The van der Waals surface area contributed by atoms with Gasteiger partial charge in [0.2, 0.25) is 0 Å². The van der Waals surface area contributed by atoms with Gasteiger partial charge in [-0.25, -0.2) is 3.11 Å². The molecule has 0 aliphatic carbocycles. The summed E-state index contributed by atoms with van der Waals surface area (Å²) < 4.78 is 6.05. The molecule has 0 fully saturated rings. The van der Waals surface area contributed by atoms with E-state index >= 15 is 0 Å². The van der Waals surface area contributed by atoms with Crippen LogP contribution in [0.1, 0.15) is 33.4 Å². The molecule has 1 atom stereocenters. The maximum atomic E-state index is 12.9. The van der Waals surface area contributed by atoms with Crippen molar-refractivity contribution in [3.8, 4) is 0 Å². The average Bonchev–Trinajstić information content (AvgIpc) is 3.05. The third-order valence-electron chi connectivity index (χ3n) is 4.77. The van der Waals surface area contributed by atoms with Crippen LogP contribution in [0.2, 0.25) is 0 Å². The van der Waals surface area contributed by atoms with Crippen LogP contribution in [-0.2, 0) is 26.6 Å². The summed E-state index contributed by atoms with van der Waals surface area (Å²) in [4.78, 5) is 14.7. The van der Waals surface area contributed by atoms with Crippen LogP contribution in [-0.4, -0.2) is 53.6 Å². The molecule has 0 N–H and O–H groups in total. The summed E-state index contributed by atoms with van der Waals surface area (Å²) in [5.41, 5.74) is 4.10. The largest absolute Gasteiger partial charge is 0.340 e. The predicted octanol–water partition coefficient (Wildman–Crippen LogP) is 1.19. The van der Waals surface area contributed by atoms with Crippen LogP contribution >= 0.6 is 22.9 Å². The van der Waals surface area contributed by atoms with E-state index in [0.29, 0.717) is 6.54 Å². The van der Waals surface area contributed by atoms with E-state index in [9.17, 15) is 4.79 Å². The highest BCUT2D eigenvalue weighted by Crippen LogP contribution is 2.30. The fraction of sp³-hybridized carbons (Fsp3) is 0.533. The number of fused-ring (bicyclic) bond motifs is 3. The lowest BCUT2D eigenvalue weighted by Gasteiger charge is -2.22. The van der Waals surface area contributed by atoms with Crippen LogP contribution in [0.3, 0.4) is 0 Å². The maximum absolute atomic E-state index is 12.9. The average molecular weight is 426 g/mol. The van der Waals surface area contributed by atoms with Crippen molar-refractivity contribution < 1.29 is 4.79 Å². The van der Waals surface area contributed by atoms with Crippen LogP contribution in [0.5, 0.6) is 0 Å². The number of aromatic nitrogens is 4. The normalized spacial score (nSPS) is 22.0.